The lowest BCUT2D eigenvalue weighted by atomic mass is 10.2. The van der Waals surface area contributed by atoms with Gasteiger partial charge in [-0.1, -0.05) is 29.3 Å². The van der Waals surface area contributed by atoms with E-state index in [9.17, 15) is 5.11 Å². The number of aromatic nitrogens is 1. The number of aliphatic hydroxyl groups is 1. The Balaban J connectivity index is 2.38. The Bertz CT molecular complexity index is 469. The molecule has 1 atom stereocenters. The van der Waals surface area contributed by atoms with E-state index in [-0.39, 0.29) is 0 Å². The van der Waals surface area contributed by atoms with Crippen LogP contribution in [0.3, 0.4) is 0 Å². The van der Waals surface area contributed by atoms with Crippen molar-refractivity contribution in [3.8, 4) is 0 Å². The molecule has 0 aliphatic carbocycles. The summed E-state index contributed by atoms with van der Waals surface area (Å²) in [5, 5.41) is 10.7. The predicted molar refractivity (Wildman–Crippen MR) is 67.2 cm³/mol. The number of hydrogen-bond donors (Lipinski definition) is 1. The monoisotopic (exact) mass is 285 g/mol. The Morgan fingerprint density at radius 2 is 2.33 bits per heavy atom. The first-order valence-corrected chi connectivity index (χ1v) is 6.55. The number of halogens is 1. The molecule has 2 nitrogen and oxygen atoms in total. The van der Waals surface area contributed by atoms with E-state index >= 15 is 0 Å². The number of rotatable bonds is 3. The molecule has 15 heavy (non-hydrogen) atoms. The highest BCUT2D eigenvalue weighted by Gasteiger charge is 2.12. The van der Waals surface area contributed by atoms with Crippen LogP contribution >= 0.6 is 27.3 Å². The Hall–Kier alpha value is -0.450. The second kappa shape index (κ2) is 4.60. The zero-order chi connectivity index (χ0) is 10.8. The largest absolute Gasteiger partial charge is 0.386 e. The molecule has 0 bridgehead atoms. The normalized spacial score (nSPS) is 13.3. The molecule has 1 unspecified atom stereocenters. The van der Waals surface area contributed by atoms with Crippen molar-refractivity contribution in [1.29, 1.82) is 0 Å². The Morgan fingerprint density at radius 1 is 1.53 bits per heavy atom. The number of hydrogen-bond acceptors (Lipinski definition) is 3. The number of nitrogens with zero attached hydrogens (tertiary/aromatic N) is 1. The van der Waals surface area contributed by atoms with Crippen LogP contribution in [0.15, 0.2) is 22.7 Å². The average Bonchev–Trinajstić information content (AvgIpc) is 2.60. The van der Waals surface area contributed by atoms with Crippen LogP contribution in [-0.4, -0.2) is 10.1 Å². The first-order chi connectivity index (χ1) is 7.20. The molecule has 0 aliphatic rings. The molecule has 1 aromatic carbocycles. The van der Waals surface area contributed by atoms with Crippen LogP contribution < -0.4 is 0 Å². The van der Waals surface area contributed by atoms with Gasteiger partial charge in [0.2, 0.25) is 0 Å². The molecule has 0 saturated heterocycles. The van der Waals surface area contributed by atoms with Gasteiger partial charge in [0.1, 0.15) is 11.1 Å². The number of fused-ring (bicyclic) bond motifs is 1. The quantitative estimate of drug-likeness (QED) is 0.928. The fraction of sp³-hybridized carbons (Fsp3) is 0.364. The SMILES string of the molecule is CCCC(O)c1nc2ccc(Br)cc2s1. The van der Waals surface area contributed by atoms with E-state index in [0.29, 0.717) is 0 Å². The third kappa shape index (κ3) is 2.38. The topological polar surface area (TPSA) is 33.1 Å². The van der Waals surface area contributed by atoms with E-state index < -0.39 is 6.10 Å². The summed E-state index contributed by atoms with van der Waals surface area (Å²) in [6, 6.07) is 5.98. The molecule has 80 valence electrons. The summed E-state index contributed by atoms with van der Waals surface area (Å²) >= 11 is 4.99. The highest BCUT2D eigenvalue weighted by Crippen LogP contribution is 2.30. The van der Waals surface area contributed by atoms with E-state index in [4.69, 9.17) is 0 Å². The lowest BCUT2D eigenvalue weighted by Crippen LogP contribution is -1.94. The molecule has 2 aromatic rings. The molecular formula is C11H12BrNOS. The van der Waals surface area contributed by atoms with Crippen LogP contribution in [-0.2, 0) is 0 Å². The summed E-state index contributed by atoms with van der Waals surface area (Å²) in [6.07, 6.45) is 1.34. The lowest BCUT2D eigenvalue weighted by Gasteiger charge is -2.03. The van der Waals surface area contributed by atoms with Gasteiger partial charge in [-0.05, 0) is 24.6 Å². The molecule has 0 spiro atoms. The van der Waals surface area contributed by atoms with E-state index in [0.717, 1.165) is 32.5 Å². The highest BCUT2D eigenvalue weighted by molar-refractivity contribution is 9.10. The van der Waals surface area contributed by atoms with Gasteiger partial charge in [0.15, 0.2) is 0 Å². The molecule has 1 N–H and O–H groups in total. The van der Waals surface area contributed by atoms with Crippen molar-refractivity contribution in [3.63, 3.8) is 0 Å². The van der Waals surface area contributed by atoms with E-state index in [1.54, 1.807) is 11.3 Å². The van der Waals surface area contributed by atoms with E-state index in [1.165, 1.54) is 0 Å². The molecule has 0 fully saturated rings. The summed E-state index contributed by atoms with van der Waals surface area (Å²) in [4.78, 5) is 4.42. The summed E-state index contributed by atoms with van der Waals surface area (Å²) < 4.78 is 2.17. The van der Waals surface area contributed by atoms with Crippen LogP contribution in [0.2, 0.25) is 0 Å². The van der Waals surface area contributed by atoms with E-state index in [1.807, 2.05) is 18.2 Å². The van der Waals surface area contributed by atoms with Crippen LogP contribution in [0.5, 0.6) is 0 Å². The van der Waals surface area contributed by atoms with E-state index in [2.05, 4.69) is 27.8 Å². The summed E-state index contributed by atoms with van der Waals surface area (Å²) in [5.74, 6) is 0. The Labute approximate surface area is 101 Å². The molecule has 0 saturated carbocycles. The zero-order valence-corrected chi connectivity index (χ0v) is 10.8. The predicted octanol–water partition coefficient (Wildman–Crippen LogP) is 3.89. The molecular weight excluding hydrogens is 274 g/mol. The van der Waals surface area contributed by atoms with Gasteiger partial charge >= 0.3 is 0 Å². The van der Waals surface area contributed by atoms with Gasteiger partial charge in [0, 0.05) is 4.47 Å². The molecule has 1 aromatic heterocycles. The van der Waals surface area contributed by atoms with Gasteiger partial charge in [-0.15, -0.1) is 11.3 Å². The second-order valence-electron chi connectivity index (χ2n) is 3.47. The smallest absolute Gasteiger partial charge is 0.122 e. The van der Waals surface area contributed by atoms with Gasteiger partial charge in [-0.3, -0.25) is 0 Å². The minimum Gasteiger partial charge on any atom is -0.386 e. The average molecular weight is 286 g/mol. The third-order valence-corrected chi connectivity index (χ3v) is 3.83. The Morgan fingerprint density at radius 3 is 3.07 bits per heavy atom. The maximum absolute atomic E-state index is 9.83. The van der Waals surface area contributed by atoms with Crippen LogP contribution in [0.1, 0.15) is 30.9 Å². The van der Waals surface area contributed by atoms with Crippen molar-refractivity contribution in [2.45, 2.75) is 25.9 Å². The molecule has 2 rings (SSSR count). The lowest BCUT2D eigenvalue weighted by molar-refractivity contribution is 0.166. The number of aliphatic hydroxyl groups excluding tert-OH is 1. The van der Waals surface area contributed by atoms with Gasteiger partial charge < -0.3 is 5.11 Å². The molecule has 0 radical (unpaired) electrons. The molecule has 0 aliphatic heterocycles. The first kappa shape index (κ1) is 11.0. The van der Waals surface area contributed by atoms with Gasteiger partial charge in [0.25, 0.3) is 0 Å². The summed E-state index contributed by atoms with van der Waals surface area (Å²) in [5.41, 5.74) is 0.966. The van der Waals surface area contributed by atoms with Crippen molar-refractivity contribution < 1.29 is 5.11 Å². The van der Waals surface area contributed by atoms with Gasteiger partial charge in [-0.25, -0.2) is 4.98 Å². The number of thiazole rings is 1. The van der Waals surface area contributed by atoms with Crippen LogP contribution in [0.25, 0.3) is 10.2 Å². The van der Waals surface area contributed by atoms with Crippen molar-refractivity contribution in [2.75, 3.05) is 0 Å². The standard InChI is InChI=1S/C11H12BrNOS/c1-2-3-9(14)11-13-8-5-4-7(12)6-10(8)15-11/h4-6,9,14H,2-3H2,1H3. The summed E-state index contributed by atoms with van der Waals surface area (Å²) in [6.45, 7) is 2.06. The molecule has 4 heteroatoms. The fourth-order valence-corrected chi connectivity index (χ4v) is 3.00. The van der Waals surface area contributed by atoms with Crippen molar-refractivity contribution in [3.05, 3.63) is 27.7 Å². The van der Waals surface area contributed by atoms with Crippen molar-refractivity contribution in [1.82, 2.24) is 4.98 Å². The highest BCUT2D eigenvalue weighted by atomic mass is 79.9. The number of benzene rings is 1. The van der Waals surface area contributed by atoms with Crippen LogP contribution in [0.4, 0.5) is 0 Å². The maximum Gasteiger partial charge on any atom is 0.122 e. The minimum atomic E-state index is -0.411. The first-order valence-electron chi connectivity index (χ1n) is 4.94. The van der Waals surface area contributed by atoms with Gasteiger partial charge in [0.05, 0.1) is 10.2 Å². The Kier molecular flexibility index (Phi) is 3.38. The minimum absolute atomic E-state index is 0.411. The third-order valence-electron chi connectivity index (χ3n) is 2.21. The van der Waals surface area contributed by atoms with Gasteiger partial charge in [-0.2, -0.15) is 0 Å². The molecule has 1 heterocycles. The summed E-state index contributed by atoms with van der Waals surface area (Å²) in [7, 11) is 0. The van der Waals surface area contributed by atoms with Crippen molar-refractivity contribution >= 4 is 37.5 Å². The second-order valence-corrected chi connectivity index (χ2v) is 5.45. The van der Waals surface area contributed by atoms with Crippen LogP contribution in [0, 0.1) is 0 Å². The van der Waals surface area contributed by atoms with Crippen molar-refractivity contribution in [2.24, 2.45) is 0 Å². The fourth-order valence-electron chi connectivity index (χ4n) is 1.46. The molecule has 0 amide bonds. The maximum atomic E-state index is 9.83. The zero-order valence-electron chi connectivity index (χ0n) is 8.40.